The van der Waals surface area contributed by atoms with E-state index >= 15 is 0 Å². The Balaban J connectivity index is 1.55. The molecule has 1 saturated carbocycles. The van der Waals surface area contributed by atoms with E-state index in [0.717, 1.165) is 29.8 Å². The molecule has 0 unspecified atom stereocenters. The van der Waals surface area contributed by atoms with E-state index in [1.807, 2.05) is 42.3 Å². The van der Waals surface area contributed by atoms with Gasteiger partial charge in [0.05, 0.1) is 6.54 Å². The lowest BCUT2D eigenvalue weighted by atomic mass is 9.82. The van der Waals surface area contributed by atoms with Crippen molar-refractivity contribution in [3.05, 3.63) is 35.9 Å². The minimum Gasteiger partial charge on any atom is -0.322 e. The third-order valence-electron chi connectivity index (χ3n) is 4.81. The number of urea groups is 1. The fourth-order valence-corrected chi connectivity index (χ4v) is 3.57. The molecule has 1 aliphatic heterocycles. The van der Waals surface area contributed by atoms with Crippen LogP contribution in [0.25, 0.3) is 0 Å². The summed E-state index contributed by atoms with van der Waals surface area (Å²) in [5.74, 6) is -0.717. The van der Waals surface area contributed by atoms with Crippen LogP contribution in [0.4, 0.5) is 4.79 Å². The highest BCUT2D eigenvalue weighted by atomic mass is 16.2. The van der Waals surface area contributed by atoms with Crippen molar-refractivity contribution in [3.8, 4) is 0 Å². The Kier molecular flexibility index (Phi) is 5.03. The van der Waals surface area contributed by atoms with Gasteiger partial charge in [-0.2, -0.15) is 5.01 Å². The zero-order valence-electron chi connectivity index (χ0n) is 14.5. The van der Waals surface area contributed by atoms with Crippen molar-refractivity contribution in [3.63, 3.8) is 0 Å². The molecule has 7 nitrogen and oxygen atoms in total. The summed E-state index contributed by atoms with van der Waals surface area (Å²) in [4.78, 5) is 38.8. The van der Waals surface area contributed by atoms with Crippen LogP contribution in [0.1, 0.15) is 37.7 Å². The zero-order valence-corrected chi connectivity index (χ0v) is 14.5. The molecule has 0 atom stereocenters. The molecule has 1 heterocycles. The Morgan fingerprint density at radius 1 is 1.20 bits per heavy atom. The van der Waals surface area contributed by atoms with Crippen LogP contribution in [0.3, 0.4) is 0 Å². The summed E-state index contributed by atoms with van der Waals surface area (Å²) in [6.07, 6.45) is 4.17. The third-order valence-corrected chi connectivity index (χ3v) is 4.81. The normalized spacial score (nSPS) is 19.4. The molecule has 1 aromatic rings. The summed E-state index contributed by atoms with van der Waals surface area (Å²) < 4.78 is 0. The van der Waals surface area contributed by atoms with Crippen LogP contribution < -0.4 is 10.7 Å². The van der Waals surface area contributed by atoms with Crippen LogP contribution in [0.2, 0.25) is 0 Å². The smallest absolute Gasteiger partial charge is 0.322 e. The largest absolute Gasteiger partial charge is 0.344 e. The van der Waals surface area contributed by atoms with Crippen molar-refractivity contribution in [1.29, 1.82) is 0 Å². The van der Waals surface area contributed by atoms with E-state index < -0.39 is 11.6 Å². The summed E-state index contributed by atoms with van der Waals surface area (Å²) in [5, 5.41) is 3.63. The fourth-order valence-electron chi connectivity index (χ4n) is 3.57. The van der Waals surface area contributed by atoms with Crippen molar-refractivity contribution < 1.29 is 14.4 Å². The second-order valence-corrected chi connectivity index (χ2v) is 6.91. The number of benzene rings is 1. The van der Waals surface area contributed by atoms with Gasteiger partial charge in [0.1, 0.15) is 5.54 Å². The highest BCUT2D eigenvalue weighted by Gasteiger charge is 2.52. The predicted octanol–water partition coefficient (Wildman–Crippen LogP) is 1.40. The van der Waals surface area contributed by atoms with Crippen molar-refractivity contribution in [2.75, 3.05) is 13.6 Å². The minimum absolute atomic E-state index is 0.0962. The number of likely N-dealkylation sites (N-methyl/N-ethyl adjacent to an activating group) is 1. The molecule has 2 fully saturated rings. The van der Waals surface area contributed by atoms with Crippen LogP contribution in [0, 0.1) is 0 Å². The van der Waals surface area contributed by atoms with Gasteiger partial charge in [-0.3, -0.25) is 19.9 Å². The lowest BCUT2D eigenvalue weighted by Gasteiger charge is -2.30. The molecule has 1 spiro atoms. The second kappa shape index (κ2) is 7.23. The third kappa shape index (κ3) is 3.82. The number of nitrogens with one attached hydrogen (secondary N) is 2. The minimum atomic E-state index is -0.821. The lowest BCUT2D eigenvalue weighted by Crippen LogP contribution is -2.52. The average Bonchev–Trinajstić information content (AvgIpc) is 2.80. The van der Waals surface area contributed by atoms with Crippen molar-refractivity contribution in [2.45, 2.75) is 44.2 Å². The summed E-state index contributed by atoms with van der Waals surface area (Å²) in [6.45, 7) is 0.706. The first-order valence-corrected chi connectivity index (χ1v) is 8.69. The SMILES string of the molecule is CN(CC(=O)NN1C(=O)NC2(CCCCC2)C1=O)Cc1ccccc1. The van der Waals surface area contributed by atoms with E-state index in [4.69, 9.17) is 0 Å². The first-order valence-electron chi connectivity index (χ1n) is 8.69. The highest BCUT2D eigenvalue weighted by Crippen LogP contribution is 2.32. The van der Waals surface area contributed by atoms with Crippen molar-refractivity contribution >= 4 is 17.8 Å². The topological polar surface area (TPSA) is 81.8 Å². The molecule has 2 aliphatic rings. The van der Waals surface area contributed by atoms with Gasteiger partial charge in [0.25, 0.3) is 11.8 Å². The van der Waals surface area contributed by atoms with Gasteiger partial charge in [-0.15, -0.1) is 0 Å². The van der Waals surface area contributed by atoms with E-state index in [9.17, 15) is 14.4 Å². The first kappa shape index (κ1) is 17.4. The molecule has 25 heavy (non-hydrogen) atoms. The molecule has 1 saturated heterocycles. The molecule has 0 aromatic heterocycles. The second-order valence-electron chi connectivity index (χ2n) is 6.91. The molecule has 3 rings (SSSR count). The number of rotatable bonds is 5. The number of hydrazine groups is 1. The molecule has 0 radical (unpaired) electrons. The van der Waals surface area contributed by atoms with Crippen LogP contribution in [0.5, 0.6) is 0 Å². The van der Waals surface area contributed by atoms with E-state index in [-0.39, 0.29) is 18.4 Å². The van der Waals surface area contributed by atoms with Gasteiger partial charge >= 0.3 is 6.03 Å². The number of imide groups is 1. The Hall–Kier alpha value is -2.41. The van der Waals surface area contributed by atoms with E-state index in [0.29, 0.717) is 19.4 Å². The standard InChI is InChI=1S/C18H24N4O3/c1-21(12-14-8-4-2-5-9-14)13-15(23)20-22-16(24)18(19-17(22)25)10-6-3-7-11-18/h2,4-5,8-9H,3,6-7,10-13H2,1H3,(H,19,25)(H,20,23). The molecule has 1 aromatic carbocycles. The van der Waals surface area contributed by atoms with Gasteiger partial charge in [0.2, 0.25) is 0 Å². The summed E-state index contributed by atoms with van der Waals surface area (Å²) in [5.41, 5.74) is 2.73. The van der Waals surface area contributed by atoms with E-state index in [1.165, 1.54) is 0 Å². The van der Waals surface area contributed by atoms with Gasteiger partial charge in [-0.05, 0) is 25.5 Å². The lowest BCUT2D eigenvalue weighted by molar-refractivity contribution is -0.140. The summed E-state index contributed by atoms with van der Waals surface area (Å²) in [7, 11) is 1.82. The van der Waals surface area contributed by atoms with Gasteiger partial charge in [-0.25, -0.2) is 4.79 Å². The fraction of sp³-hybridized carbons (Fsp3) is 0.500. The number of hydrogen-bond donors (Lipinski definition) is 2. The quantitative estimate of drug-likeness (QED) is 0.791. The first-order chi connectivity index (χ1) is 12.0. The average molecular weight is 344 g/mol. The number of nitrogens with zero attached hydrogens (tertiary/aromatic N) is 2. The number of carbonyl (C=O) groups is 3. The number of hydrogen-bond acceptors (Lipinski definition) is 4. The molecule has 2 N–H and O–H groups in total. The summed E-state index contributed by atoms with van der Waals surface area (Å²) >= 11 is 0. The van der Waals surface area contributed by atoms with Gasteiger partial charge in [0.15, 0.2) is 0 Å². The monoisotopic (exact) mass is 344 g/mol. The zero-order chi connectivity index (χ0) is 17.9. The van der Waals surface area contributed by atoms with Crippen molar-refractivity contribution in [2.24, 2.45) is 0 Å². The maximum absolute atomic E-state index is 12.6. The van der Waals surface area contributed by atoms with Crippen LogP contribution in [-0.4, -0.2) is 46.9 Å². The van der Waals surface area contributed by atoms with Gasteiger partial charge < -0.3 is 5.32 Å². The maximum Gasteiger partial charge on any atom is 0.344 e. The molecular formula is C18H24N4O3. The van der Waals surface area contributed by atoms with Gasteiger partial charge in [-0.1, -0.05) is 49.6 Å². The Morgan fingerprint density at radius 2 is 1.88 bits per heavy atom. The van der Waals surface area contributed by atoms with Crippen LogP contribution in [-0.2, 0) is 16.1 Å². The number of carbonyl (C=O) groups excluding carboxylic acids is 3. The van der Waals surface area contributed by atoms with Gasteiger partial charge in [0, 0.05) is 6.54 Å². The highest BCUT2D eigenvalue weighted by molar-refractivity contribution is 6.08. The Labute approximate surface area is 147 Å². The predicted molar refractivity (Wildman–Crippen MR) is 92.1 cm³/mol. The molecule has 134 valence electrons. The van der Waals surface area contributed by atoms with E-state index in [2.05, 4.69) is 10.7 Å². The van der Waals surface area contributed by atoms with Crippen LogP contribution in [0.15, 0.2) is 30.3 Å². The summed E-state index contributed by atoms with van der Waals surface area (Å²) in [6, 6.07) is 9.26. The number of amides is 4. The maximum atomic E-state index is 12.6. The molecule has 1 aliphatic carbocycles. The van der Waals surface area contributed by atoms with Crippen molar-refractivity contribution in [1.82, 2.24) is 20.7 Å². The Bertz CT molecular complexity index is 656. The molecule has 7 heteroatoms. The molecule has 0 bridgehead atoms. The Morgan fingerprint density at radius 3 is 2.56 bits per heavy atom. The molecular weight excluding hydrogens is 320 g/mol. The van der Waals surface area contributed by atoms with Crippen LogP contribution >= 0.6 is 0 Å². The molecule has 4 amide bonds. The van der Waals surface area contributed by atoms with E-state index in [1.54, 1.807) is 0 Å².